The smallest absolute Gasteiger partial charge is 0.338 e. The summed E-state index contributed by atoms with van der Waals surface area (Å²) in [6, 6.07) is 8.31. The molecule has 27 heavy (non-hydrogen) atoms. The quantitative estimate of drug-likeness (QED) is 0.775. The van der Waals surface area contributed by atoms with Crippen molar-refractivity contribution >= 4 is 28.5 Å². The Morgan fingerprint density at radius 2 is 2.00 bits per heavy atom. The van der Waals surface area contributed by atoms with Crippen molar-refractivity contribution in [1.29, 1.82) is 0 Å². The summed E-state index contributed by atoms with van der Waals surface area (Å²) in [4.78, 5) is 40.6. The zero-order valence-corrected chi connectivity index (χ0v) is 15.4. The number of anilines is 1. The van der Waals surface area contributed by atoms with Gasteiger partial charge in [-0.2, -0.15) is 0 Å². The molecule has 8 nitrogen and oxygen atoms in total. The predicted molar refractivity (Wildman–Crippen MR) is 98.5 cm³/mol. The summed E-state index contributed by atoms with van der Waals surface area (Å²) < 4.78 is 10.5. The molecular weight excluding hydrogens is 352 g/mol. The summed E-state index contributed by atoms with van der Waals surface area (Å²) in [6.45, 7) is 5.43. The molecule has 0 spiro atoms. The first-order valence-electron chi connectivity index (χ1n) is 8.63. The van der Waals surface area contributed by atoms with Crippen LogP contribution >= 0.6 is 0 Å². The fourth-order valence-electron chi connectivity index (χ4n) is 2.88. The SMILES string of the molecule is CC(C)(C)OC(=O)[C@H](O)[C@H]1OCCN(c2ccc3ccc(=O)[nH]c3c2)C1=O. The zero-order valence-electron chi connectivity index (χ0n) is 15.4. The van der Waals surface area contributed by atoms with E-state index in [1.54, 1.807) is 45.0 Å². The minimum Gasteiger partial charge on any atom is -0.458 e. The van der Waals surface area contributed by atoms with Gasteiger partial charge in [0.15, 0.2) is 12.2 Å². The Labute approximate surface area is 155 Å². The lowest BCUT2D eigenvalue weighted by atomic mass is 10.1. The first-order chi connectivity index (χ1) is 12.7. The van der Waals surface area contributed by atoms with Crippen LogP contribution in [0.1, 0.15) is 20.8 Å². The van der Waals surface area contributed by atoms with Crippen LogP contribution in [0.25, 0.3) is 10.9 Å². The molecule has 0 bridgehead atoms. The Balaban J connectivity index is 1.84. The number of pyridine rings is 1. The maximum absolute atomic E-state index is 12.8. The Kier molecular flexibility index (Phi) is 5.03. The normalized spacial score (nSPS) is 19.2. The molecule has 1 amide bonds. The number of hydrogen-bond donors (Lipinski definition) is 2. The van der Waals surface area contributed by atoms with Gasteiger partial charge in [0.05, 0.1) is 12.1 Å². The van der Waals surface area contributed by atoms with Gasteiger partial charge in [0, 0.05) is 18.3 Å². The third kappa shape index (κ3) is 4.17. The van der Waals surface area contributed by atoms with Crippen LogP contribution in [0, 0.1) is 0 Å². The van der Waals surface area contributed by atoms with Crippen molar-refractivity contribution in [2.75, 3.05) is 18.1 Å². The molecule has 8 heteroatoms. The molecule has 2 heterocycles. The average Bonchev–Trinajstić information content (AvgIpc) is 2.59. The Bertz CT molecular complexity index is 930. The van der Waals surface area contributed by atoms with Crippen LogP contribution < -0.4 is 10.5 Å². The van der Waals surface area contributed by atoms with Gasteiger partial charge in [-0.3, -0.25) is 9.59 Å². The van der Waals surface area contributed by atoms with Gasteiger partial charge in [-0.05, 0) is 44.4 Å². The lowest BCUT2D eigenvalue weighted by Gasteiger charge is -2.34. The number of benzene rings is 1. The number of carbonyl (C=O) groups excluding carboxylic acids is 2. The zero-order chi connectivity index (χ0) is 19.8. The molecular formula is C19H22N2O6. The number of morpholine rings is 1. The molecule has 1 aliphatic heterocycles. The minimum absolute atomic E-state index is 0.152. The van der Waals surface area contributed by atoms with E-state index in [1.165, 1.54) is 11.0 Å². The second-order valence-electron chi connectivity index (χ2n) is 7.35. The maximum atomic E-state index is 12.8. The van der Waals surface area contributed by atoms with E-state index in [0.29, 0.717) is 11.2 Å². The summed E-state index contributed by atoms with van der Waals surface area (Å²) >= 11 is 0. The van der Waals surface area contributed by atoms with Crippen LogP contribution in [0.3, 0.4) is 0 Å². The highest BCUT2D eigenvalue weighted by molar-refractivity contribution is 6.01. The molecule has 1 aliphatic rings. The number of hydrogen-bond acceptors (Lipinski definition) is 6. The molecule has 0 saturated carbocycles. The lowest BCUT2D eigenvalue weighted by molar-refractivity contribution is -0.177. The molecule has 2 aromatic rings. The number of ether oxygens (including phenoxy) is 2. The Hall–Kier alpha value is -2.71. The average molecular weight is 374 g/mol. The molecule has 0 radical (unpaired) electrons. The number of nitrogens with one attached hydrogen (secondary N) is 1. The van der Waals surface area contributed by atoms with E-state index >= 15 is 0 Å². The fourth-order valence-corrected chi connectivity index (χ4v) is 2.88. The van der Waals surface area contributed by atoms with Crippen LogP contribution in [-0.4, -0.2) is 52.9 Å². The number of aromatic amines is 1. The molecule has 1 aromatic carbocycles. The van der Waals surface area contributed by atoms with E-state index in [-0.39, 0.29) is 18.7 Å². The number of carbonyl (C=O) groups is 2. The van der Waals surface area contributed by atoms with Gasteiger partial charge in [-0.1, -0.05) is 6.07 Å². The second kappa shape index (κ2) is 7.13. The number of aliphatic hydroxyl groups is 1. The van der Waals surface area contributed by atoms with Crippen molar-refractivity contribution in [1.82, 2.24) is 4.98 Å². The number of aromatic nitrogens is 1. The van der Waals surface area contributed by atoms with E-state index in [1.807, 2.05) is 0 Å². The second-order valence-corrected chi connectivity index (χ2v) is 7.35. The lowest BCUT2D eigenvalue weighted by Crippen LogP contribution is -2.55. The number of H-pyrrole nitrogens is 1. The summed E-state index contributed by atoms with van der Waals surface area (Å²) in [5.74, 6) is -1.46. The largest absolute Gasteiger partial charge is 0.458 e. The summed E-state index contributed by atoms with van der Waals surface area (Å²) in [5.41, 5.74) is 0.0911. The first kappa shape index (κ1) is 19.1. The minimum atomic E-state index is -1.72. The molecule has 144 valence electrons. The van der Waals surface area contributed by atoms with Crippen molar-refractivity contribution in [2.24, 2.45) is 0 Å². The van der Waals surface area contributed by atoms with E-state index in [9.17, 15) is 19.5 Å². The number of aliphatic hydroxyl groups excluding tert-OH is 1. The van der Waals surface area contributed by atoms with Crippen molar-refractivity contribution in [3.8, 4) is 0 Å². The molecule has 0 aliphatic carbocycles. The molecule has 1 aromatic heterocycles. The number of esters is 1. The summed E-state index contributed by atoms with van der Waals surface area (Å²) in [7, 11) is 0. The van der Waals surface area contributed by atoms with Crippen molar-refractivity contribution < 1.29 is 24.2 Å². The van der Waals surface area contributed by atoms with Crippen molar-refractivity contribution in [3.63, 3.8) is 0 Å². The predicted octanol–water partition coefficient (Wildman–Crippen LogP) is 0.962. The molecule has 1 saturated heterocycles. The molecule has 3 rings (SSSR count). The van der Waals surface area contributed by atoms with E-state index in [2.05, 4.69) is 4.98 Å². The third-order valence-electron chi connectivity index (χ3n) is 4.08. The van der Waals surface area contributed by atoms with Gasteiger partial charge in [0.25, 0.3) is 5.91 Å². The Morgan fingerprint density at radius 3 is 2.70 bits per heavy atom. The van der Waals surface area contributed by atoms with Gasteiger partial charge >= 0.3 is 5.97 Å². The van der Waals surface area contributed by atoms with Crippen LogP contribution in [-0.2, 0) is 19.1 Å². The number of amides is 1. The van der Waals surface area contributed by atoms with Crippen LogP contribution in [0.4, 0.5) is 5.69 Å². The summed E-state index contributed by atoms with van der Waals surface area (Å²) in [6.07, 6.45) is -3.07. The van der Waals surface area contributed by atoms with Crippen LogP contribution in [0.2, 0.25) is 0 Å². The Morgan fingerprint density at radius 1 is 1.30 bits per heavy atom. The molecule has 2 atom stereocenters. The van der Waals surface area contributed by atoms with E-state index in [4.69, 9.17) is 9.47 Å². The standard InChI is InChI=1S/C19H22N2O6/c1-19(2,3)27-18(25)15(23)16-17(24)21(8-9-26-16)12-6-4-11-5-7-14(22)20-13(11)10-12/h4-7,10,15-16,23H,8-9H2,1-3H3,(H,20,22)/t15-,16-/m1/s1. The van der Waals surface area contributed by atoms with Gasteiger partial charge in [-0.15, -0.1) is 0 Å². The van der Waals surface area contributed by atoms with E-state index < -0.39 is 29.7 Å². The first-order valence-corrected chi connectivity index (χ1v) is 8.63. The number of nitrogens with zero attached hydrogens (tertiary/aromatic N) is 1. The van der Waals surface area contributed by atoms with Gasteiger partial charge in [-0.25, -0.2) is 4.79 Å². The van der Waals surface area contributed by atoms with Crippen molar-refractivity contribution in [2.45, 2.75) is 38.6 Å². The number of fused-ring (bicyclic) bond motifs is 1. The highest BCUT2D eigenvalue weighted by Crippen LogP contribution is 2.24. The molecule has 2 N–H and O–H groups in total. The summed E-state index contributed by atoms with van der Waals surface area (Å²) in [5, 5.41) is 11.1. The van der Waals surface area contributed by atoms with Crippen LogP contribution in [0.5, 0.6) is 0 Å². The maximum Gasteiger partial charge on any atom is 0.338 e. The highest BCUT2D eigenvalue weighted by atomic mass is 16.6. The van der Waals surface area contributed by atoms with Gasteiger partial charge < -0.3 is 24.5 Å². The monoisotopic (exact) mass is 374 g/mol. The topological polar surface area (TPSA) is 109 Å². The third-order valence-corrected chi connectivity index (χ3v) is 4.08. The molecule has 1 fully saturated rings. The molecule has 0 unspecified atom stereocenters. The van der Waals surface area contributed by atoms with Gasteiger partial charge in [0.1, 0.15) is 5.60 Å². The van der Waals surface area contributed by atoms with Crippen LogP contribution in [0.15, 0.2) is 35.1 Å². The number of rotatable bonds is 3. The van der Waals surface area contributed by atoms with E-state index in [0.717, 1.165) is 5.39 Å². The van der Waals surface area contributed by atoms with Gasteiger partial charge in [0.2, 0.25) is 5.56 Å². The highest BCUT2D eigenvalue weighted by Gasteiger charge is 2.41. The fraction of sp³-hybridized carbons (Fsp3) is 0.421. The van der Waals surface area contributed by atoms with Crippen molar-refractivity contribution in [3.05, 3.63) is 40.7 Å².